The standard InChI is InChI=1S/C7H11FN2/c1-5(2)10-7(8)6(3)4-9-10/h4-5H,1-3H3. The monoisotopic (exact) mass is 142 g/mol. The predicted molar refractivity (Wildman–Crippen MR) is 37.3 cm³/mol. The Kier molecular flexibility index (Phi) is 1.74. The van der Waals surface area contributed by atoms with Crippen molar-refractivity contribution in [2.75, 3.05) is 0 Å². The Morgan fingerprint density at radius 1 is 1.60 bits per heavy atom. The van der Waals surface area contributed by atoms with E-state index in [2.05, 4.69) is 5.10 Å². The molecule has 0 aliphatic rings. The molecule has 1 aromatic rings. The van der Waals surface area contributed by atoms with Crippen LogP contribution in [-0.2, 0) is 0 Å². The number of rotatable bonds is 1. The van der Waals surface area contributed by atoms with Crippen molar-refractivity contribution in [3.05, 3.63) is 17.7 Å². The smallest absolute Gasteiger partial charge is 0.214 e. The zero-order chi connectivity index (χ0) is 7.72. The van der Waals surface area contributed by atoms with Crippen LogP contribution in [0.15, 0.2) is 6.20 Å². The molecular weight excluding hydrogens is 131 g/mol. The normalized spacial score (nSPS) is 10.9. The summed E-state index contributed by atoms with van der Waals surface area (Å²) >= 11 is 0. The molecule has 0 bridgehead atoms. The van der Waals surface area contributed by atoms with Crippen LogP contribution in [0.1, 0.15) is 25.5 Å². The summed E-state index contributed by atoms with van der Waals surface area (Å²) < 4.78 is 14.3. The zero-order valence-corrected chi connectivity index (χ0v) is 6.43. The van der Waals surface area contributed by atoms with E-state index in [1.54, 1.807) is 6.92 Å². The van der Waals surface area contributed by atoms with Gasteiger partial charge in [-0.1, -0.05) is 0 Å². The molecule has 56 valence electrons. The number of hydrogen-bond donors (Lipinski definition) is 0. The van der Waals surface area contributed by atoms with Crippen molar-refractivity contribution >= 4 is 0 Å². The van der Waals surface area contributed by atoms with Crippen LogP contribution in [-0.4, -0.2) is 9.78 Å². The molecular formula is C7H11FN2. The minimum atomic E-state index is -0.227. The van der Waals surface area contributed by atoms with Crippen molar-refractivity contribution in [2.45, 2.75) is 26.8 Å². The number of aromatic nitrogens is 2. The fraction of sp³-hybridized carbons (Fsp3) is 0.571. The van der Waals surface area contributed by atoms with Gasteiger partial charge in [-0.3, -0.25) is 0 Å². The van der Waals surface area contributed by atoms with Crippen molar-refractivity contribution in [2.24, 2.45) is 0 Å². The van der Waals surface area contributed by atoms with E-state index in [-0.39, 0.29) is 12.0 Å². The lowest BCUT2D eigenvalue weighted by molar-refractivity contribution is 0.413. The van der Waals surface area contributed by atoms with Crippen LogP contribution in [0.5, 0.6) is 0 Å². The van der Waals surface area contributed by atoms with Crippen molar-refractivity contribution in [1.29, 1.82) is 0 Å². The van der Waals surface area contributed by atoms with Crippen molar-refractivity contribution in [1.82, 2.24) is 9.78 Å². The zero-order valence-electron chi connectivity index (χ0n) is 6.43. The van der Waals surface area contributed by atoms with E-state index in [0.717, 1.165) is 0 Å². The molecule has 3 heteroatoms. The summed E-state index contributed by atoms with van der Waals surface area (Å²) in [5.74, 6) is -0.227. The molecule has 10 heavy (non-hydrogen) atoms. The van der Waals surface area contributed by atoms with Gasteiger partial charge in [0.1, 0.15) is 0 Å². The Morgan fingerprint density at radius 3 is 2.40 bits per heavy atom. The second-order valence-corrected chi connectivity index (χ2v) is 2.66. The molecule has 0 unspecified atom stereocenters. The molecule has 0 amide bonds. The van der Waals surface area contributed by atoms with Gasteiger partial charge in [-0.2, -0.15) is 9.49 Å². The first-order valence-corrected chi connectivity index (χ1v) is 3.32. The van der Waals surface area contributed by atoms with Gasteiger partial charge in [0.25, 0.3) is 0 Å². The lowest BCUT2D eigenvalue weighted by Crippen LogP contribution is -2.05. The topological polar surface area (TPSA) is 17.8 Å². The van der Waals surface area contributed by atoms with Gasteiger partial charge in [0.05, 0.1) is 6.20 Å². The van der Waals surface area contributed by atoms with Gasteiger partial charge in [-0.05, 0) is 20.8 Å². The molecule has 0 N–H and O–H groups in total. The summed E-state index contributed by atoms with van der Waals surface area (Å²) in [5, 5.41) is 3.86. The summed E-state index contributed by atoms with van der Waals surface area (Å²) in [6.07, 6.45) is 1.54. The Bertz CT molecular complexity index is 228. The summed E-state index contributed by atoms with van der Waals surface area (Å²) in [6, 6.07) is 0.105. The molecule has 0 radical (unpaired) electrons. The molecule has 1 rings (SSSR count). The van der Waals surface area contributed by atoms with Gasteiger partial charge >= 0.3 is 0 Å². The van der Waals surface area contributed by atoms with E-state index >= 15 is 0 Å². The number of aryl methyl sites for hydroxylation is 1. The van der Waals surface area contributed by atoms with E-state index in [1.807, 2.05) is 13.8 Å². The summed E-state index contributed by atoms with van der Waals surface area (Å²) in [4.78, 5) is 0. The first-order valence-electron chi connectivity index (χ1n) is 3.32. The minimum absolute atomic E-state index is 0.105. The Labute approximate surface area is 59.7 Å². The summed E-state index contributed by atoms with van der Waals surface area (Å²) in [6.45, 7) is 5.51. The van der Waals surface area contributed by atoms with Crippen LogP contribution in [0.25, 0.3) is 0 Å². The second kappa shape index (κ2) is 2.40. The lowest BCUT2D eigenvalue weighted by atomic mass is 10.4. The molecule has 1 heterocycles. The van der Waals surface area contributed by atoms with Gasteiger partial charge in [0.15, 0.2) is 0 Å². The van der Waals surface area contributed by atoms with Crippen LogP contribution in [0.2, 0.25) is 0 Å². The van der Waals surface area contributed by atoms with Gasteiger partial charge in [-0.25, -0.2) is 4.68 Å². The number of hydrogen-bond acceptors (Lipinski definition) is 1. The Morgan fingerprint density at radius 2 is 2.20 bits per heavy atom. The van der Waals surface area contributed by atoms with Gasteiger partial charge in [0, 0.05) is 11.6 Å². The maximum Gasteiger partial charge on any atom is 0.214 e. The lowest BCUT2D eigenvalue weighted by Gasteiger charge is -2.04. The third kappa shape index (κ3) is 1.03. The Hall–Kier alpha value is -0.860. The van der Waals surface area contributed by atoms with Crippen LogP contribution in [0, 0.1) is 12.9 Å². The van der Waals surface area contributed by atoms with Gasteiger partial charge in [-0.15, -0.1) is 0 Å². The molecule has 0 spiro atoms. The molecule has 2 nitrogen and oxygen atoms in total. The fourth-order valence-electron chi connectivity index (χ4n) is 0.793. The highest BCUT2D eigenvalue weighted by molar-refractivity contribution is 5.03. The quantitative estimate of drug-likeness (QED) is 0.585. The highest BCUT2D eigenvalue weighted by Gasteiger charge is 2.07. The molecule has 0 aromatic carbocycles. The fourth-order valence-corrected chi connectivity index (χ4v) is 0.793. The third-order valence-corrected chi connectivity index (χ3v) is 1.39. The number of nitrogens with zero attached hydrogens (tertiary/aromatic N) is 2. The molecule has 0 saturated heterocycles. The van der Waals surface area contributed by atoms with Crippen molar-refractivity contribution in [3.63, 3.8) is 0 Å². The largest absolute Gasteiger partial charge is 0.237 e. The van der Waals surface area contributed by atoms with E-state index < -0.39 is 0 Å². The molecule has 0 atom stereocenters. The SMILES string of the molecule is Cc1cnn(C(C)C)c1F. The maximum absolute atomic E-state index is 12.9. The second-order valence-electron chi connectivity index (χ2n) is 2.66. The minimum Gasteiger partial charge on any atom is -0.237 e. The molecule has 0 aliphatic heterocycles. The summed E-state index contributed by atoms with van der Waals surface area (Å²) in [5.41, 5.74) is 0.605. The molecule has 0 fully saturated rings. The molecule has 1 aromatic heterocycles. The van der Waals surface area contributed by atoms with Gasteiger partial charge in [0.2, 0.25) is 5.95 Å². The first kappa shape index (κ1) is 7.25. The number of halogens is 1. The van der Waals surface area contributed by atoms with Crippen molar-refractivity contribution in [3.8, 4) is 0 Å². The average molecular weight is 142 g/mol. The van der Waals surface area contributed by atoms with E-state index in [4.69, 9.17) is 0 Å². The van der Waals surface area contributed by atoms with E-state index in [0.29, 0.717) is 5.56 Å². The first-order chi connectivity index (χ1) is 4.63. The Balaban J connectivity index is 3.05. The highest BCUT2D eigenvalue weighted by atomic mass is 19.1. The summed E-state index contributed by atoms with van der Waals surface area (Å²) in [7, 11) is 0. The van der Waals surface area contributed by atoms with Crippen LogP contribution < -0.4 is 0 Å². The van der Waals surface area contributed by atoms with E-state index in [9.17, 15) is 4.39 Å². The molecule has 0 aliphatic carbocycles. The van der Waals surface area contributed by atoms with Crippen LogP contribution in [0.3, 0.4) is 0 Å². The molecule has 0 saturated carbocycles. The predicted octanol–water partition coefficient (Wildman–Crippen LogP) is 1.91. The van der Waals surface area contributed by atoms with Crippen molar-refractivity contribution < 1.29 is 4.39 Å². The van der Waals surface area contributed by atoms with Crippen LogP contribution >= 0.6 is 0 Å². The van der Waals surface area contributed by atoms with Gasteiger partial charge < -0.3 is 0 Å². The maximum atomic E-state index is 12.9. The third-order valence-electron chi connectivity index (χ3n) is 1.39. The van der Waals surface area contributed by atoms with Crippen LogP contribution in [0.4, 0.5) is 4.39 Å². The average Bonchev–Trinajstić information content (AvgIpc) is 2.14. The highest BCUT2D eigenvalue weighted by Crippen LogP contribution is 2.09. The van der Waals surface area contributed by atoms with E-state index in [1.165, 1.54) is 10.9 Å².